The first-order valence-corrected chi connectivity index (χ1v) is 9.63. The van der Waals surface area contributed by atoms with Crippen molar-refractivity contribution in [2.75, 3.05) is 51.3 Å². The number of rotatable bonds is 5. The molecule has 1 heterocycles. The number of hydrogen-bond acceptors (Lipinski definition) is 6. The van der Waals surface area contributed by atoms with Gasteiger partial charge in [0.2, 0.25) is 0 Å². The number of anilines is 1. The Morgan fingerprint density at radius 1 is 1.00 bits per heavy atom. The van der Waals surface area contributed by atoms with Gasteiger partial charge in [-0.1, -0.05) is 24.3 Å². The van der Waals surface area contributed by atoms with Crippen LogP contribution in [0, 0.1) is 0 Å². The topological polar surface area (TPSA) is 70.1 Å². The van der Waals surface area contributed by atoms with Gasteiger partial charge in [-0.25, -0.2) is 0 Å². The third kappa shape index (κ3) is 3.30. The van der Waals surface area contributed by atoms with Gasteiger partial charge in [-0.2, -0.15) is 0 Å². The number of carbonyl (C=O) groups is 2. The van der Waals surface area contributed by atoms with E-state index >= 15 is 0 Å². The Morgan fingerprint density at radius 2 is 1.64 bits per heavy atom. The molecule has 2 aromatic carbocycles. The third-order valence-corrected chi connectivity index (χ3v) is 5.51. The molecular weight excluding hydrogens is 356 g/mol. The minimum Gasteiger partial charge on any atom is -0.507 e. The Morgan fingerprint density at radius 3 is 2.32 bits per heavy atom. The molecule has 1 fully saturated rings. The lowest BCUT2D eigenvalue weighted by Crippen LogP contribution is -2.38. The second-order valence-corrected chi connectivity index (χ2v) is 7.29. The molecule has 6 nitrogen and oxygen atoms in total. The maximum Gasteiger partial charge on any atom is 0.198 e. The minimum atomic E-state index is -0.300. The van der Waals surface area contributed by atoms with E-state index in [4.69, 9.17) is 4.74 Å². The van der Waals surface area contributed by atoms with Crippen LogP contribution in [-0.2, 0) is 4.74 Å². The van der Waals surface area contributed by atoms with Crippen LogP contribution in [0.25, 0.3) is 0 Å². The first kappa shape index (κ1) is 18.7. The molecule has 0 amide bonds. The largest absolute Gasteiger partial charge is 0.507 e. The fourth-order valence-electron chi connectivity index (χ4n) is 3.98. The van der Waals surface area contributed by atoms with Crippen LogP contribution in [0.15, 0.2) is 36.4 Å². The molecule has 2 aromatic rings. The number of benzene rings is 2. The summed E-state index contributed by atoms with van der Waals surface area (Å²) in [4.78, 5) is 30.4. The molecule has 0 saturated carbocycles. The Hall–Kier alpha value is -2.70. The molecule has 0 radical (unpaired) electrons. The van der Waals surface area contributed by atoms with E-state index < -0.39 is 0 Å². The molecule has 0 atom stereocenters. The quantitative estimate of drug-likeness (QED) is 0.733. The fourth-order valence-corrected chi connectivity index (χ4v) is 3.98. The van der Waals surface area contributed by atoms with E-state index in [1.165, 1.54) is 6.07 Å². The Kier molecular flexibility index (Phi) is 5.15. The highest BCUT2D eigenvalue weighted by molar-refractivity contribution is 6.31. The summed E-state index contributed by atoms with van der Waals surface area (Å²) in [6.45, 7) is 5.15. The summed E-state index contributed by atoms with van der Waals surface area (Å²) in [7, 11) is 1.92. The summed E-state index contributed by atoms with van der Waals surface area (Å²) >= 11 is 0. The number of ether oxygens (including phenoxy) is 1. The van der Waals surface area contributed by atoms with Crippen molar-refractivity contribution in [1.29, 1.82) is 0 Å². The van der Waals surface area contributed by atoms with Crippen molar-refractivity contribution in [3.63, 3.8) is 0 Å². The van der Waals surface area contributed by atoms with Crippen molar-refractivity contribution in [2.24, 2.45) is 0 Å². The average molecular weight is 380 g/mol. The van der Waals surface area contributed by atoms with Gasteiger partial charge in [-0.15, -0.1) is 0 Å². The van der Waals surface area contributed by atoms with E-state index in [0.29, 0.717) is 22.4 Å². The Bertz CT molecular complexity index is 919. The lowest BCUT2D eigenvalue weighted by molar-refractivity contribution is 0.0377. The van der Waals surface area contributed by atoms with Gasteiger partial charge in [0.15, 0.2) is 11.6 Å². The molecule has 0 aromatic heterocycles. The first-order chi connectivity index (χ1) is 13.6. The first-order valence-electron chi connectivity index (χ1n) is 9.63. The van der Waals surface area contributed by atoms with Crippen molar-refractivity contribution in [2.45, 2.75) is 6.42 Å². The maximum absolute atomic E-state index is 13.1. The molecule has 1 aliphatic heterocycles. The fraction of sp³-hybridized carbons (Fsp3) is 0.364. The summed E-state index contributed by atoms with van der Waals surface area (Å²) in [5, 5.41) is 10.3. The van der Waals surface area contributed by atoms with Crippen molar-refractivity contribution in [1.82, 2.24) is 4.90 Å². The van der Waals surface area contributed by atoms with E-state index in [-0.39, 0.29) is 22.9 Å². The predicted octanol–water partition coefficient (Wildman–Crippen LogP) is 2.33. The number of fused-ring (bicyclic) bond motifs is 2. The van der Waals surface area contributed by atoms with Crippen LogP contribution in [0.5, 0.6) is 5.75 Å². The lowest BCUT2D eigenvalue weighted by Gasteiger charge is -2.29. The number of morpholine rings is 1. The molecule has 1 aliphatic carbocycles. The molecule has 6 heteroatoms. The summed E-state index contributed by atoms with van der Waals surface area (Å²) in [5.74, 6) is -0.657. The number of phenols is 1. The number of hydrogen-bond donors (Lipinski definition) is 1. The van der Waals surface area contributed by atoms with Crippen LogP contribution < -0.4 is 4.90 Å². The second-order valence-electron chi connectivity index (χ2n) is 7.29. The van der Waals surface area contributed by atoms with Gasteiger partial charge in [0.05, 0.1) is 24.3 Å². The minimum absolute atomic E-state index is 0.112. The number of nitrogens with zero attached hydrogens (tertiary/aromatic N) is 2. The number of carbonyl (C=O) groups excluding carboxylic acids is 2. The third-order valence-electron chi connectivity index (χ3n) is 5.51. The number of ketones is 2. The van der Waals surface area contributed by atoms with Gasteiger partial charge in [0.25, 0.3) is 0 Å². The van der Waals surface area contributed by atoms with Gasteiger partial charge < -0.3 is 14.7 Å². The highest BCUT2D eigenvalue weighted by Gasteiger charge is 2.34. The maximum atomic E-state index is 13.1. The van der Waals surface area contributed by atoms with Crippen molar-refractivity contribution in [3.05, 3.63) is 58.7 Å². The summed E-state index contributed by atoms with van der Waals surface area (Å²) in [6, 6.07) is 10.0. The molecule has 146 valence electrons. The molecular formula is C22H24N2O4. The number of phenolic OH excluding ortho intramolecular Hbond substituents is 1. The summed E-state index contributed by atoms with van der Waals surface area (Å²) in [6.07, 6.45) is 0.935. The van der Waals surface area contributed by atoms with Crippen LogP contribution in [0.4, 0.5) is 5.69 Å². The molecule has 1 N–H and O–H groups in total. The molecule has 0 spiro atoms. The predicted molar refractivity (Wildman–Crippen MR) is 107 cm³/mol. The van der Waals surface area contributed by atoms with Crippen LogP contribution in [0.3, 0.4) is 0 Å². The SMILES string of the molecule is CN(CCCN1CCOCC1)c1ccc(O)c2c1C(=O)c1ccccc1C2=O. The van der Waals surface area contributed by atoms with Gasteiger partial charge in [-0.05, 0) is 18.6 Å². The molecule has 0 bridgehead atoms. The highest BCUT2D eigenvalue weighted by Crippen LogP contribution is 2.38. The average Bonchev–Trinajstić information content (AvgIpc) is 2.72. The monoisotopic (exact) mass is 380 g/mol. The summed E-state index contributed by atoms with van der Waals surface area (Å²) < 4.78 is 5.38. The molecule has 0 unspecified atom stereocenters. The van der Waals surface area contributed by atoms with E-state index in [1.807, 2.05) is 11.9 Å². The van der Waals surface area contributed by atoms with Gasteiger partial charge in [0.1, 0.15) is 5.75 Å². The van der Waals surface area contributed by atoms with Gasteiger partial charge in [0, 0.05) is 50.0 Å². The molecule has 28 heavy (non-hydrogen) atoms. The van der Waals surface area contributed by atoms with Crippen LogP contribution in [-0.4, -0.2) is 68.0 Å². The van der Waals surface area contributed by atoms with Crippen molar-refractivity contribution >= 4 is 17.3 Å². The Balaban J connectivity index is 1.59. The normalized spacial score (nSPS) is 16.6. The van der Waals surface area contributed by atoms with E-state index in [2.05, 4.69) is 4.90 Å². The van der Waals surface area contributed by atoms with Gasteiger partial charge in [-0.3, -0.25) is 14.5 Å². The molecule has 2 aliphatic rings. The molecule has 4 rings (SSSR count). The van der Waals surface area contributed by atoms with Crippen LogP contribution in [0.1, 0.15) is 38.3 Å². The van der Waals surface area contributed by atoms with Gasteiger partial charge >= 0.3 is 0 Å². The van der Waals surface area contributed by atoms with Crippen molar-refractivity contribution < 1.29 is 19.4 Å². The zero-order valence-corrected chi connectivity index (χ0v) is 16.0. The van der Waals surface area contributed by atoms with E-state index in [0.717, 1.165) is 45.8 Å². The lowest BCUT2D eigenvalue weighted by atomic mass is 9.82. The van der Waals surface area contributed by atoms with E-state index in [9.17, 15) is 14.7 Å². The summed E-state index contributed by atoms with van der Waals surface area (Å²) in [5.41, 5.74) is 1.84. The van der Waals surface area contributed by atoms with Crippen LogP contribution >= 0.6 is 0 Å². The highest BCUT2D eigenvalue weighted by atomic mass is 16.5. The smallest absolute Gasteiger partial charge is 0.198 e. The zero-order valence-electron chi connectivity index (χ0n) is 16.0. The number of aromatic hydroxyl groups is 1. The standard InChI is InChI=1S/C22H24N2O4/c1-23(9-4-10-24-11-13-28-14-12-24)17-7-8-18(25)20-19(17)21(26)15-5-2-3-6-16(15)22(20)27/h2-3,5-8,25H,4,9-14H2,1H3. The zero-order chi connectivity index (χ0) is 19.7. The van der Waals surface area contributed by atoms with Crippen molar-refractivity contribution in [3.8, 4) is 5.75 Å². The van der Waals surface area contributed by atoms with E-state index in [1.54, 1.807) is 30.3 Å². The second kappa shape index (κ2) is 7.73. The van der Waals surface area contributed by atoms with Crippen LogP contribution in [0.2, 0.25) is 0 Å². The molecule has 1 saturated heterocycles. The Labute approximate surface area is 164 Å².